The highest BCUT2D eigenvalue weighted by Crippen LogP contribution is 2.35. The zero-order valence-corrected chi connectivity index (χ0v) is 32.7. The minimum absolute atomic E-state index is 0. The number of H-pyrrole nitrogens is 2. The average Bonchev–Trinajstić information content (AvgIpc) is 3.88. The Balaban J connectivity index is 0.00000261. The normalized spacial score (nSPS) is 17.5. The zero-order chi connectivity index (χ0) is 35.2. The SMILES string of the molecule is CC(C)(C)OC(=O)N1CCC[C@H]1c1ncc(-c2ccc(-c3ccc(-c4ccc5nc([C@@H]6CCCN6C(=O)OC(C)(C)C)[nH]c5c4)cc3)cc2)[nH]1.S.S. The van der Waals surface area contributed by atoms with Crippen molar-refractivity contribution in [2.75, 3.05) is 13.1 Å². The number of ether oxygens (including phenoxy) is 2. The number of rotatable bonds is 5. The van der Waals surface area contributed by atoms with E-state index < -0.39 is 11.2 Å². The maximum Gasteiger partial charge on any atom is 0.410 e. The maximum absolute atomic E-state index is 12.9. The van der Waals surface area contributed by atoms with Crippen LogP contribution in [0.3, 0.4) is 0 Å². The van der Waals surface area contributed by atoms with Crippen LogP contribution >= 0.6 is 27.0 Å². The minimum Gasteiger partial charge on any atom is -0.444 e. The van der Waals surface area contributed by atoms with Gasteiger partial charge in [0.15, 0.2) is 0 Å². The van der Waals surface area contributed by atoms with Crippen LogP contribution in [0.2, 0.25) is 0 Å². The molecule has 2 atom stereocenters. The van der Waals surface area contributed by atoms with Gasteiger partial charge >= 0.3 is 12.2 Å². The van der Waals surface area contributed by atoms with Gasteiger partial charge in [0.25, 0.3) is 0 Å². The van der Waals surface area contributed by atoms with Crippen LogP contribution in [-0.2, 0) is 9.47 Å². The molecule has 2 fully saturated rings. The van der Waals surface area contributed by atoms with Gasteiger partial charge in [0.2, 0.25) is 0 Å². The summed E-state index contributed by atoms with van der Waals surface area (Å²) in [5.41, 5.74) is 7.14. The molecule has 0 aliphatic carbocycles. The highest BCUT2D eigenvalue weighted by atomic mass is 32.1. The first-order valence-electron chi connectivity index (χ1n) is 17.6. The van der Waals surface area contributed by atoms with Gasteiger partial charge in [-0.15, -0.1) is 0 Å². The highest BCUT2D eigenvalue weighted by molar-refractivity contribution is 7.59. The van der Waals surface area contributed by atoms with Crippen molar-refractivity contribution in [1.29, 1.82) is 0 Å². The lowest BCUT2D eigenvalue weighted by molar-refractivity contribution is 0.0208. The van der Waals surface area contributed by atoms with Gasteiger partial charge in [-0.2, -0.15) is 27.0 Å². The Morgan fingerprint density at radius 2 is 1.12 bits per heavy atom. The summed E-state index contributed by atoms with van der Waals surface area (Å²) in [7, 11) is 0. The van der Waals surface area contributed by atoms with Crippen LogP contribution in [0.5, 0.6) is 0 Å². The molecule has 0 radical (unpaired) electrons. The van der Waals surface area contributed by atoms with Gasteiger partial charge in [-0.05, 0) is 107 Å². The Labute approximate surface area is 319 Å². The average molecular weight is 743 g/mol. The van der Waals surface area contributed by atoms with E-state index in [4.69, 9.17) is 14.5 Å². The van der Waals surface area contributed by atoms with Gasteiger partial charge < -0.3 is 19.4 Å². The van der Waals surface area contributed by atoms with E-state index in [-0.39, 0.29) is 51.3 Å². The number of carbonyl (C=O) groups excluding carboxylic acids is 2. The molecule has 7 rings (SSSR count). The predicted octanol–water partition coefficient (Wildman–Crippen LogP) is 9.66. The summed E-state index contributed by atoms with van der Waals surface area (Å²) in [6.45, 7) is 12.7. The van der Waals surface area contributed by atoms with E-state index in [9.17, 15) is 9.59 Å². The predicted molar refractivity (Wildman–Crippen MR) is 215 cm³/mol. The number of aromatic amines is 2. The monoisotopic (exact) mass is 742 g/mol. The fourth-order valence-electron chi connectivity index (χ4n) is 6.90. The van der Waals surface area contributed by atoms with Gasteiger partial charge in [0.1, 0.15) is 22.9 Å². The number of hydrogen-bond acceptors (Lipinski definition) is 6. The first kappa shape index (κ1) is 38.8. The molecule has 2 saturated heterocycles. The van der Waals surface area contributed by atoms with Gasteiger partial charge in [0.05, 0.1) is 35.0 Å². The third-order valence-corrected chi connectivity index (χ3v) is 9.24. The number of aromatic nitrogens is 4. The number of benzene rings is 3. The van der Waals surface area contributed by atoms with Crippen molar-refractivity contribution in [3.8, 4) is 33.5 Å². The second kappa shape index (κ2) is 15.3. The van der Waals surface area contributed by atoms with Crippen molar-refractivity contribution >= 4 is 50.2 Å². The molecule has 0 bridgehead atoms. The van der Waals surface area contributed by atoms with Crippen molar-refractivity contribution in [1.82, 2.24) is 29.7 Å². The fourth-order valence-corrected chi connectivity index (χ4v) is 6.90. The second-order valence-corrected chi connectivity index (χ2v) is 15.4. The number of nitrogens with zero attached hydrogens (tertiary/aromatic N) is 4. The zero-order valence-electron chi connectivity index (χ0n) is 30.7. The number of imidazole rings is 2. The summed E-state index contributed by atoms with van der Waals surface area (Å²) in [5.74, 6) is 1.58. The second-order valence-electron chi connectivity index (χ2n) is 15.4. The molecule has 0 unspecified atom stereocenters. The number of likely N-dealkylation sites (tertiary alicyclic amines) is 2. The Hall–Kier alpha value is -4.42. The Kier molecular flexibility index (Phi) is 11.4. The number of nitrogens with one attached hydrogen (secondary N) is 2. The van der Waals surface area contributed by atoms with Crippen LogP contribution in [0.25, 0.3) is 44.5 Å². The van der Waals surface area contributed by atoms with Crippen LogP contribution in [0.4, 0.5) is 9.59 Å². The number of fused-ring (bicyclic) bond motifs is 1. The van der Waals surface area contributed by atoms with E-state index >= 15 is 0 Å². The first-order chi connectivity index (χ1) is 23.8. The van der Waals surface area contributed by atoms with Gasteiger partial charge in [-0.3, -0.25) is 9.80 Å². The third kappa shape index (κ3) is 8.44. The lowest BCUT2D eigenvalue weighted by Gasteiger charge is -2.27. The lowest BCUT2D eigenvalue weighted by atomic mass is 9.99. The van der Waals surface area contributed by atoms with Gasteiger partial charge in [0, 0.05) is 13.1 Å². The van der Waals surface area contributed by atoms with E-state index in [1.807, 2.05) is 53.8 Å². The van der Waals surface area contributed by atoms with E-state index in [1.54, 1.807) is 9.80 Å². The van der Waals surface area contributed by atoms with Gasteiger partial charge in [-0.25, -0.2) is 19.6 Å². The minimum atomic E-state index is -0.540. The Morgan fingerprint density at radius 3 is 1.63 bits per heavy atom. The van der Waals surface area contributed by atoms with Crippen LogP contribution < -0.4 is 0 Å². The quantitative estimate of drug-likeness (QED) is 0.185. The Bertz CT molecular complexity index is 2010. The van der Waals surface area contributed by atoms with Crippen molar-refractivity contribution < 1.29 is 19.1 Å². The Morgan fingerprint density at radius 1 is 0.654 bits per heavy atom. The van der Waals surface area contributed by atoms with Crippen LogP contribution in [0, 0.1) is 0 Å². The van der Waals surface area contributed by atoms with E-state index in [2.05, 4.69) is 75.6 Å². The van der Waals surface area contributed by atoms with Crippen LogP contribution in [0.15, 0.2) is 72.9 Å². The summed E-state index contributed by atoms with van der Waals surface area (Å²) in [6.07, 6.45) is 4.80. The molecule has 10 nitrogen and oxygen atoms in total. The molecular formula is C40H50N6O4S2. The molecule has 4 heterocycles. The van der Waals surface area contributed by atoms with E-state index in [0.717, 1.165) is 81.9 Å². The summed E-state index contributed by atoms with van der Waals surface area (Å²) in [6, 6.07) is 23.0. The molecule has 12 heteroatoms. The smallest absolute Gasteiger partial charge is 0.410 e. The summed E-state index contributed by atoms with van der Waals surface area (Å²) in [4.78, 5) is 45.7. The number of carbonyl (C=O) groups is 2. The highest BCUT2D eigenvalue weighted by Gasteiger charge is 2.36. The fraction of sp³-hybridized carbons (Fsp3) is 0.400. The molecular weight excluding hydrogens is 693 g/mol. The number of amides is 2. The standard InChI is InChI=1S/C40H46N6O4.2H2S/c1-39(2,3)49-37(47)45-21-7-9-33(45)35-41-24-32(44-35)28-17-15-26(16-18-28)25-11-13-27(14-12-25)29-19-20-30-31(23-29)43-36(42-30)34-10-8-22-46(34)38(48)50-40(4,5)6;;/h11-20,23-24,33-34H,7-10,21-22H2,1-6H3,(H,41,44)(H,42,43);2*1H2/t33-,34-;;/m0../s1. The van der Waals surface area contributed by atoms with Crippen molar-refractivity contribution in [3.63, 3.8) is 0 Å². The molecule has 2 amide bonds. The largest absolute Gasteiger partial charge is 0.444 e. The van der Waals surface area contributed by atoms with Gasteiger partial charge in [-0.1, -0.05) is 54.6 Å². The molecule has 3 aromatic carbocycles. The first-order valence-corrected chi connectivity index (χ1v) is 17.6. The molecule has 0 saturated carbocycles. The molecule has 0 spiro atoms. The van der Waals surface area contributed by atoms with E-state index in [0.29, 0.717) is 13.1 Å². The topological polar surface area (TPSA) is 116 Å². The molecule has 52 heavy (non-hydrogen) atoms. The van der Waals surface area contributed by atoms with Crippen LogP contribution in [0.1, 0.15) is 91.0 Å². The van der Waals surface area contributed by atoms with Crippen molar-refractivity contribution in [2.24, 2.45) is 0 Å². The van der Waals surface area contributed by atoms with Crippen molar-refractivity contribution in [3.05, 3.63) is 84.6 Å². The summed E-state index contributed by atoms with van der Waals surface area (Å²) < 4.78 is 11.3. The summed E-state index contributed by atoms with van der Waals surface area (Å²) in [5, 5.41) is 0. The molecule has 2 N–H and O–H groups in total. The maximum atomic E-state index is 12.9. The van der Waals surface area contributed by atoms with Crippen molar-refractivity contribution in [2.45, 2.75) is 90.5 Å². The molecule has 2 aliphatic rings. The molecule has 2 aliphatic heterocycles. The molecule has 2 aromatic heterocycles. The molecule has 276 valence electrons. The van der Waals surface area contributed by atoms with E-state index in [1.165, 1.54) is 0 Å². The third-order valence-electron chi connectivity index (χ3n) is 9.24. The molecule has 5 aromatic rings. The summed E-state index contributed by atoms with van der Waals surface area (Å²) >= 11 is 0. The van der Waals surface area contributed by atoms with Crippen LogP contribution in [-0.4, -0.2) is 66.2 Å². The lowest BCUT2D eigenvalue weighted by Crippen LogP contribution is -2.36. The number of hydrogen-bond donors (Lipinski definition) is 2.